The van der Waals surface area contributed by atoms with E-state index in [0.717, 1.165) is 16.8 Å². The van der Waals surface area contributed by atoms with E-state index in [0.29, 0.717) is 5.52 Å². The van der Waals surface area contributed by atoms with Crippen LogP contribution in [-0.2, 0) is 5.41 Å². The molecular weight excluding hydrogens is 284 g/mol. The molecule has 2 aromatic carbocycles. The van der Waals surface area contributed by atoms with Gasteiger partial charge >= 0.3 is 0 Å². The summed E-state index contributed by atoms with van der Waals surface area (Å²) in [4.78, 5) is 9.09. The lowest BCUT2D eigenvalue weighted by Gasteiger charge is -2.20. The normalized spacial score (nSPS) is 12.1. The number of aromatic nitrogens is 1. The summed E-state index contributed by atoms with van der Waals surface area (Å²) in [7, 11) is 0. The Hall–Kier alpha value is -2.68. The zero-order valence-electron chi connectivity index (χ0n) is 13.6. The van der Waals surface area contributed by atoms with Crippen LogP contribution in [0.1, 0.15) is 32.0 Å². The van der Waals surface area contributed by atoms with Gasteiger partial charge in [-0.3, -0.25) is 4.99 Å². The molecule has 1 heterocycles. The van der Waals surface area contributed by atoms with E-state index < -0.39 is 0 Å². The van der Waals surface area contributed by atoms with Crippen molar-refractivity contribution in [1.29, 1.82) is 0 Å². The number of phenols is 1. The molecule has 116 valence electrons. The van der Waals surface area contributed by atoms with Crippen LogP contribution >= 0.6 is 0 Å². The topological polar surface area (TPSA) is 45.5 Å². The van der Waals surface area contributed by atoms with Gasteiger partial charge in [0.2, 0.25) is 0 Å². The number of pyridine rings is 1. The van der Waals surface area contributed by atoms with E-state index >= 15 is 0 Å². The van der Waals surface area contributed by atoms with Gasteiger partial charge in [0.1, 0.15) is 11.3 Å². The molecule has 0 unspecified atom stereocenters. The molecule has 1 N–H and O–H groups in total. The standard InChI is InChI=1S/C20H20N2O/c1-20(2,3)16-8-4-5-9-17(16)21-13-15-12-11-14-7-6-10-18(23)19(14)22-15/h4-13,23H,1-3H3/b21-13+. The maximum absolute atomic E-state index is 9.92. The molecule has 0 aliphatic carbocycles. The number of nitrogens with zero attached hydrogens (tertiary/aromatic N) is 2. The summed E-state index contributed by atoms with van der Waals surface area (Å²) in [6, 6.07) is 17.4. The van der Waals surface area contributed by atoms with Gasteiger partial charge in [-0.05, 0) is 29.2 Å². The number of aromatic hydroxyl groups is 1. The van der Waals surface area contributed by atoms with Crippen molar-refractivity contribution >= 4 is 22.8 Å². The Kier molecular flexibility index (Phi) is 3.87. The first-order chi connectivity index (χ1) is 10.9. The Balaban J connectivity index is 2.00. The predicted molar refractivity (Wildman–Crippen MR) is 95.8 cm³/mol. The van der Waals surface area contributed by atoms with Crippen molar-refractivity contribution in [2.75, 3.05) is 0 Å². The Labute approximate surface area is 136 Å². The third kappa shape index (κ3) is 3.24. The molecule has 0 radical (unpaired) electrons. The third-order valence-corrected chi connectivity index (χ3v) is 3.77. The molecule has 0 aliphatic rings. The average molecular weight is 304 g/mol. The smallest absolute Gasteiger partial charge is 0.141 e. The van der Waals surface area contributed by atoms with Crippen LogP contribution in [0.25, 0.3) is 10.9 Å². The first-order valence-electron chi connectivity index (χ1n) is 7.67. The van der Waals surface area contributed by atoms with Crippen molar-refractivity contribution in [1.82, 2.24) is 4.98 Å². The minimum atomic E-state index is 0.0308. The quantitative estimate of drug-likeness (QED) is 0.678. The van der Waals surface area contributed by atoms with E-state index in [1.807, 2.05) is 42.5 Å². The van der Waals surface area contributed by atoms with Gasteiger partial charge in [0.15, 0.2) is 0 Å². The monoisotopic (exact) mass is 304 g/mol. The number of benzene rings is 2. The summed E-state index contributed by atoms with van der Waals surface area (Å²) >= 11 is 0. The van der Waals surface area contributed by atoms with Gasteiger partial charge in [-0.1, -0.05) is 57.2 Å². The van der Waals surface area contributed by atoms with Crippen LogP contribution in [0.4, 0.5) is 5.69 Å². The zero-order chi connectivity index (χ0) is 16.4. The molecule has 0 spiro atoms. The summed E-state index contributed by atoms with van der Waals surface area (Å²) in [5, 5.41) is 10.8. The molecule has 0 atom stereocenters. The molecule has 0 aliphatic heterocycles. The maximum atomic E-state index is 9.92. The van der Waals surface area contributed by atoms with Crippen molar-refractivity contribution in [2.45, 2.75) is 26.2 Å². The molecule has 23 heavy (non-hydrogen) atoms. The molecule has 3 aromatic rings. The number of hydrogen-bond acceptors (Lipinski definition) is 3. The lowest BCUT2D eigenvalue weighted by molar-refractivity contribution is 0.480. The van der Waals surface area contributed by atoms with Crippen LogP contribution in [0.2, 0.25) is 0 Å². The fraction of sp³-hybridized carbons (Fsp3) is 0.200. The van der Waals surface area contributed by atoms with Crippen molar-refractivity contribution < 1.29 is 5.11 Å². The van der Waals surface area contributed by atoms with Gasteiger partial charge in [0.25, 0.3) is 0 Å². The number of para-hydroxylation sites is 2. The van der Waals surface area contributed by atoms with Crippen LogP contribution in [0.15, 0.2) is 59.6 Å². The van der Waals surface area contributed by atoms with Gasteiger partial charge in [0.05, 0.1) is 17.6 Å². The van der Waals surface area contributed by atoms with Gasteiger partial charge < -0.3 is 5.11 Å². The van der Waals surface area contributed by atoms with Crippen molar-refractivity contribution in [3.8, 4) is 5.75 Å². The highest BCUT2D eigenvalue weighted by atomic mass is 16.3. The molecule has 0 fully saturated rings. The van der Waals surface area contributed by atoms with Crippen LogP contribution in [-0.4, -0.2) is 16.3 Å². The number of hydrogen-bond donors (Lipinski definition) is 1. The van der Waals surface area contributed by atoms with E-state index in [1.165, 1.54) is 5.56 Å². The van der Waals surface area contributed by atoms with Crippen LogP contribution in [0.3, 0.4) is 0 Å². The second-order valence-electron chi connectivity index (χ2n) is 6.61. The highest BCUT2D eigenvalue weighted by Crippen LogP contribution is 2.31. The van der Waals surface area contributed by atoms with E-state index in [-0.39, 0.29) is 11.2 Å². The largest absolute Gasteiger partial charge is 0.506 e. The number of aliphatic imine (C=N–C) groups is 1. The van der Waals surface area contributed by atoms with Crippen molar-refractivity contribution in [2.24, 2.45) is 4.99 Å². The first kappa shape index (κ1) is 15.2. The minimum absolute atomic E-state index is 0.0308. The Bertz CT molecular complexity index is 876. The molecule has 0 bridgehead atoms. The van der Waals surface area contributed by atoms with Gasteiger partial charge in [0, 0.05) is 5.39 Å². The number of rotatable bonds is 2. The molecule has 0 saturated heterocycles. The highest BCUT2D eigenvalue weighted by molar-refractivity contribution is 5.89. The SMILES string of the molecule is CC(C)(C)c1ccccc1/N=C/c1ccc2cccc(O)c2n1. The number of fused-ring (bicyclic) bond motifs is 1. The summed E-state index contributed by atoms with van der Waals surface area (Å²) < 4.78 is 0. The Morgan fingerprint density at radius 2 is 1.74 bits per heavy atom. The van der Waals surface area contributed by atoms with Crippen molar-refractivity contribution in [3.05, 3.63) is 65.9 Å². The molecule has 0 amide bonds. The van der Waals surface area contributed by atoms with Gasteiger partial charge in [-0.15, -0.1) is 0 Å². The molecule has 3 rings (SSSR count). The summed E-state index contributed by atoms with van der Waals surface area (Å²) in [5.41, 5.74) is 3.49. The van der Waals surface area contributed by atoms with Gasteiger partial charge in [-0.2, -0.15) is 0 Å². The maximum Gasteiger partial charge on any atom is 0.141 e. The van der Waals surface area contributed by atoms with E-state index in [2.05, 4.69) is 36.8 Å². The summed E-state index contributed by atoms with van der Waals surface area (Å²) in [6.07, 6.45) is 1.75. The minimum Gasteiger partial charge on any atom is -0.506 e. The molecule has 1 aromatic heterocycles. The van der Waals surface area contributed by atoms with E-state index in [4.69, 9.17) is 0 Å². The Morgan fingerprint density at radius 3 is 2.52 bits per heavy atom. The molecular formula is C20H20N2O. The van der Waals surface area contributed by atoms with E-state index in [1.54, 1.807) is 12.3 Å². The zero-order valence-corrected chi connectivity index (χ0v) is 13.6. The summed E-state index contributed by atoms with van der Waals surface area (Å²) in [6.45, 7) is 6.52. The average Bonchev–Trinajstić information content (AvgIpc) is 2.53. The van der Waals surface area contributed by atoms with E-state index in [9.17, 15) is 5.11 Å². The lowest BCUT2D eigenvalue weighted by atomic mass is 9.86. The molecule has 0 saturated carbocycles. The van der Waals surface area contributed by atoms with Crippen LogP contribution in [0, 0.1) is 0 Å². The Morgan fingerprint density at radius 1 is 0.957 bits per heavy atom. The first-order valence-corrected chi connectivity index (χ1v) is 7.67. The fourth-order valence-electron chi connectivity index (χ4n) is 2.57. The second kappa shape index (κ2) is 5.84. The van der Waals surface area contributed by atoms with Crippen LogP contribution < -0.4 is 0 Å². The summed E-state index contributed by atoms with van der Waals surface area (Å²) in [5.74, 6) is 0.188. The van der Waals surface area contributed by atoms with Crippen LogP contribution in [0.5, 0.6) is 5.75 Å². The van der Waals surface area contributed by atoms with Gasteiger partial charge in [-0.25, -0.2) is 4.98 Å². The molecule has 3 heteroatoms. The predicted octanol–water partition coefficient (Wildman–Crippen LogP) is 4.99. The lowest BCUT2D eigenvalue weighted by Crippen LogP contribution is -2.11. The fourth-order valence-corrected chi connectivity index (χ4v) is 2.57. The molecule has 3 nitrogen and oxygen atoms in total. The third-order valence-electron chi connectivity index (χ3n) is 3.77. The van der Waals surface area contributed by atoms with Crippen molar-refractivity contribution in [3.63, 3.8) is 0 Å². The number of phenolic OH excluding ortho intramolecular Hbond substituents is 1. The highest BCUT2D eigenvalue weighted by Gasteiger charge is 2.16. The second-order valence-corrected chi connectivity index (χ2v) is 6.61.